The number of halogens is 2. The van der Waals surface area contributed by atoms with Crippen LogP contribution in [0.15, 0.2) is 54.7 Å². The van der Waals surface area contributed by atoms with Crippen molar-refractivity contribution < 1.29 is 23.5 Å². The van der Waals surface area contributed by atoms with Crippen LogP contribution in [0.3, 0.4) is 0 Å². The molecule has 41 heavy (non-hydrogen) atoms. The third-order valence-corrected chi connectivity index (χ3v) is 6.79. The van der Waals surface area contributed by atoms with Gasteiger partial charge < -0.3 is 20.3 Å². The molecular formula is C30H27ClFN5O4. The van der Waals surface area contributed by atoms with Crippen molar-refractivity contribution in [3.63, 3.8) is 0 Å². The highest BCUT2D eigenvalue weighted by atomic mass is 35.5. The first-order valence-electron chi connectivity index (χ1n) is 12.8. The van der Waals surface area contributed by atoms with Gasteiger partial charge in [-0.15, -0.1) is 6.42 Å². The summed E-state index contributed by atoms with van der Waals surface area (Å²) in [4.78, 5) is 43.8. The molecule has 1 aliphatic rings. The highest BCUT2D eigenvalue weighted by Gasteiger charge is 2.28. The van der Waals surface area contributed by atoms with Gasteiger partial charge in [0.2, 0.25) is 0 Å². The summed E-state index contributed by atoms with van der Waals surface area (Å²) in [6, 6.07) is 11.4. The number of anilines is 2. The molecule has 0 aliphatic carbocycles. The van der Waals surface area contributed by atoms with E-state index in [1.165, 1.54) is 36.5 Å². The summed E-state index contributed by atoms with van der Waals surface area (Å²) in [5, 5.41) is 14.1. The standard InChI is InChI=1S/C30H27ClFN5O4/c1-3-18-5-9-25(23(15-18)29(39)36-26-10-7-21(31)17-34-26)35-28(38)22-8-6-20(16-24(22)32)27(33)37-13-11-19(12-14-37)30(40)41-4-2/h1,5-10,15-17,19,33H,4,11-14H2,2H3,(H,35,38)(H,34,36,39). The summed E-state index contributed by atoms with van der Waals surface area (Å²) in [7, 11) is 0. The molecule has 3 N–H and O–H groups in total. The molecule has 4 rings (SSSR count). The topological polar surface area (TPSA) is 124 Å². The highest BCUT2D eigenvalue weighted by Crippen LogP contribution is 2.23. The zero-order valence-electron chi connectivity index (χ0n) is 22.2. The van der Waals surface area contributed by atoms with Gasteiger partial charge in [0.1, 0.15) is 17.5 Å². The Labute approximate surface area is 241 Å². The number of nitrogens with zero attached hydrogens (tertiary/aromatic N) is 2. The average Bonchev–Trinajstić information content (AvgIpc) is 2.98. The van der Waals surface area contributed by atoms with E-state index in [0.29, 0.717) is 48.7 Å². The number of likely N-dealkylation sites (tertiary alicyclic amines) is 1. The second-order valence-electron chi connectivity index (χ2n) is 9.23. The maximum atomic E-state index is 15.1. The summed E-state index contributed by atoms with van der Waals surface area (Å²) < 4.78 is 20.2. The second-order valence-corrected chi connectivity index (χ2v) is 9.67. The number of rotatable bonds is 7. The molecular weight excluding hydrogens is 549 g/mol. The minimum Gasteiger partial charge on any atom is -0.466 e. The number of carbonyl (C=O) groups is 3. The van der Waals surface area contributed by atoms with Crippen LogP contribution in [0, 0.1) is 29.5 Å². The molecule has 0 saturated carbocycles. The zero-order valence-corrected chi connectivity index (χ0v) is 22.9. The van der Waals surface area contributed by atoms with Crippen LogP contribution in [-0.2, 0) is 9.53 Å². The van der Waals surface area contributed by atoms with Gasteiger partial charge in [-0.2, -0.15) is 0 Å². The normalized spacial score (nSPS) is 13.2. The van der Waals surface area contributed by atoms with Crippen LogP contribution < -0.4 is 10.6 Å². The van der Waals surface area contributed by atoms with E-state index in [4.69, 9.17) is 28.2 Å². The van der Waals surface area contributed by atoms with Crippen LogP contribution in [-0.4, -0.2) is 53.2 Å². The number of amidine groups is 1. The molecule has 11 heteroatoms. The number of amides is 2. The van der Waals surface area contributed by atoms with E-state index in [2.05, 4.69) is 21.5 Å². The molecule has 0 radical (unpaired) electrons. The van der Waals surface area contributed by atoms with E-state index >= 15 is 4.39 Å². The Bertz CT molecular complexity index is 1530. The van der Waals surface area contributed by atoms with E-state index in [1.807, 2.05) is 0 Å². The maximum Gasteiger partial charge on any atom is 0.309 e. The van der Waals surface area contributed by atoms with Crippen molar-refractivity contribution in [2.75, 3.05) is 30.3 Å². The molecule has 210 valence electrons. The third kappa shape index (κ3) is 7.07. The third-order valence-electron chi connectivity index (χ3n) is 6.57. The molecule has 9 nitrogen and oxygen atoms in total. The quantitative estimate of drug-likeness (QED) is 0.158. The van der Waals surface area contributed by atoms with Crippen LogP contribution in [0.2, 0.25) is 5.02 Å². The molecule has 3 aromatic rings. The van der Waals surface area contributed by atoms with Gasteiger partial charge in [0.15, 0.2) is 0 Å². The van der Waals surface area contributed by atoms with Gasteiger partial charge in [0.25, 0.3) is 11.8 Å². The fourth-order valence-electron chi connectivity index (χ4n) is 4.38. The van der Waals surface area contributed by atoms with Crippen molar-refractivity contribution >= 4 is 46.7 Å². The number of hydrogen-bond donors (Lipinski definition) is 3. The Morgan fingerprint density at radius 3 is 2.46 bits per heavy atom. The molecule has 0 bridgehead atoms. The predicted octanol–water partition coefficient (Wildman–Crippen LogP) is 4.96. The SMILES string of the molecule is C#Cc1ccc(NC(=O)c2ccc(C(=N)N3CCC(C(=O)OCC)CC3)cc2F)c(C(=O)Nc2ccc(Cl)cn2)c1. The highest BCUT2D eigenvalue weighted by molar-refractivity contribution is 6.30. The van der Waals surface area contributed by atoms with Gasteiger partial charge in [-0.1, -0.05) is 23.6 Å². The van der Waals surface area contributed by atoms with Crippen LogP contribution >= 0.6 is 11.6 Å². The maximum absolute atomic E-state index is 15.1. The zero-order chi connectivity index (χ0) is 29.5. The molecule has 2 heterocycles. The minimum atomic E-state index is -0.831. The Hall–Kier alpha value is -4.75. The first kappa shape index (κ1) is 29.2. The molecule has 1 aromatic heterocycles. The van der Waals surface area contributed by atoms with Gasteiger partial charge in [0.05, 0.1) is 34.4 Å². The van der Waals surface area contributed by atoms with Gasteiger partial charge in [0, 0.05) is 30.4 Å². The van der Waals surface area contributed by atoms with Crippen LogP contribution in [0.5, 0.6) is 0 Å². The summed E-state index contributed by atoms with van der Waals surface area (Å²) in [6.07, 6.45) is 7.93. The van der Waals surface area contributed by atoms with Crippen molar-refractivity contribution in [2.45, 2.75) is 19.8 Å². The number of ether oxygens (including phenoxy) is 1. The number of piperidine rings is 1. The fraction of sp³-hybridized carbons (Fsp3) is 0.233. The lowest BCUT2D eigenvalue weighted by Gasteiger charge is -2.32. The van der Waals surface area contributed by atoms with E-state index < -0.39 is 17.6 Å². The number of terminal acetylenes is 1. The Morgan fingerprint density at radius 2 is 1.83 bits per heavy atom. The van der Waals surface area contributed by atoms with Gasteiger partial charge in [-0.25, -0.2) is 9.37 Å². The number of pyridine rings is 1. The lowest BCUT2D eigenvalue weighted by Crippen LogP contribution is -2.40. The lowest BCUT2D eigenvalue weighted by molar-refractivity contribution is -0.149. The van der Waals surface area contributed by atoms with Crippen molar-refractivity contribution in [1.82, 2.24) is 9.88 Å². The molecule has 1 fully saturated rings. The smallest absolute Gasteiger partial charge is 0.309 e. The van der Waals surface area contributed by atoms with Crippen molar-refractivity contribution in [3.05, 3.63) is 87.8 Å². The van der Waals surface area contributed by atoms with E-state index in [0.717, 1.165) is 6.07 Å². The van der Waals surface area contributed by atoms with Crippen molar-refractivity contribution in [2.24, 2.45) is 5.92 Å². The van der Waals surface area contributed by atoms with Gasteiger partial charge >= 0.3 is 5.97 Å². The first-order chi connectivity index (χ1) is 19.7. The van der Waals surface area contributed by atoms with E-state index in [-0.39, 0.29) is 40.4 Å². The number of carbonyl (C=O) groups excluding carboxylic acids is 3. The first-order valence-corrected chi connectivity index (χ1v) is 13.2. The average molecular weight is 576 g/mol. The molecule has 2 amide bonds. The molecule has 1 aliphatic heterocycles. The second kappa shape index (κ2) is 13.1. The largest absolute Gasteiger partial charge is 0.466 e. The fourth-order valence-corrected chi connectivity index (χ4v) is 4.49. The van der Waals surface area contributed by atoms with E-state index in [9.17, 15) is 14.4 Å². The Balaban J connectivity index is 1.47. The Kier molecular flexibility index (Phi) is 9.32. The van der Waals surface area contributed by atoms with Gasteiger partial charge in [-0.3, -0.25) is 19.8 Å². The summed E-state index contributed by atoms with van der Waals surface area (Å²) in [6.45, 7) is 2.98. The lowest BCUT2D eigenvalue weighted by atomic mass is 9.96. The summed E-state index contributed by atoms with van der Waals surface area (Å²) in [5.74, 6) is 0.0977. The van der Waals surface area contributed by atoms with Crippen molar-refractivity contribution in [1.29, 1.82) is 5.41 Å². The summed E-state index contributed by atoms with van der Waals surface area (Å²) >= 11 is 5.85. The Morgan fingerprint density at radius 1 is 1.10 bits per heavy atom. The molecule has 0 unspecified atom stereocenters. The minimum absolute atomic E-state index is 0.0515. The van der Waals surface area contributed by atoms with Gasteiger partial charge in [-0.05, 0) is 62.2 Å². The number of aromatic nitrogens is 1. The van der Waals surface area contributed by atoms with E-state index in [1.54, 1.807) is 24.0 Å². The van der Waals surface area contributed by atoms with Crippen LogP contribution in [0.4, 0.5) is 15.9 Å². The number of esters is 1. The molecule has 0 atom stereocenters. The predicted molar refractivity (Wildman–Crippen MR) is 154 cm³/mol. The molecule has 2 aromatic carbocycles. The van der Waals surface area contributed by atoms with Crippen molar-refractivity contribution in [3.8, 4) is 12.3 Å². The van der Waals surface area contributed by atoms with Crippen LogP contribution in [0.1, 0.15) is 51.6 Å². The monoisotopic (exact) mass is 575 g/mol. The molecule has 0 spiro atoms. The number of benzene rings is 2. The number of nitrogens with one attached hydrogen (secondary N) is 3. The summed E-state index contributed by atoms with van der Waals surface area (Å²) in [5.41, 5.74) is 0.589. The number of hydrogen-bond acceptors (Lipinski definition) is 6. The molecule has 1 saturated heterocycles. The van der Waals surface area contributed by atoms with Crippen LogP contribution in [0.25, 0.3) is 0 Å².